The first-order chi connectivity index (χ1) is 6.52. The average Bonchev–Trinajstić information content (AvgIpc) is 2.11. The number of carbonyl (C=O) groups is 1. The highest BCUT2D eigenvalue weighted by Gasteiger charge is 2.06. The molecule has 0 radical (unpaired) electrons. The van der Waals surface area contributed by atoms with Crippen LogP contribution in [-0.4, -0.2) is 11.1 Å². The maximum atomic E-state index is 13.2. The van der Waals surface area contributed by atoms with Gasteiger partial charge in [0.25, 0.3) is 0 Å². The van der Waals surface area contributed by atoms with E-state index in [0.717, 1.165) is 12.2 Å². The average molecular weight is 215 g/mol. The third kappa shape index (κ3) is 2.33. The van der Waals surface area contributed by atoms with Gasteiger partial charge in [-0.15, -0.1) is 0 Å². The highest BCUT2D eigenvalue weighted by Crippen LogP contribution is 2.24. The van der Waals surface area contributed by atoms with E-state index in [4.69, 9.17) is 16.7 Å². The monoisotopic (exact) mass is 214 g/mol. The van der Waals surface area contributed by atoms with Crippen molar-refractivity contribution in [1.29, 1.82) is 0 Å². The van der Waals surface area contributed by atoms with Crippen LogP contribution in [0.3, 0.4) is 0 Å². The van der Waals surface area contributed by atoms with Crippen molar-refractivity contribution in [1.82, 2.24) is 0 Å². The molecule has 0 aliphatic rings. The van der Waals surface area contributed by atoms with E-state index in [0.29, 0.717) is 5.56 Å². The summed E-state index contributed by atoms with van der Waals surface area (Å²) in [6.07, 6.45) is 2.00. The Bertz CT molecular complexity index is 399. The Morgan fingerprint density at radius 3 is 2.79 bits per heavy atom. The molecule has 0 fully saturated rings. The fourth-order valence-corrected chi connectivity index (χ4v) is 1.20. The Labute approximate surface area is 85.6 Å². The second-order valence-electron chi connectivity index (χ2n) is 2.76. The molecule has 1 aromatic carbocycles. The molecule has 0 bridgehead atoms. The Balaban J connectivity index is 3.19. The third-order valence-electron chi connectivity index (χ3n) is 1.71. The molecule has 2 nitrogen and oxygen atoms in total. The zero-order chi connectivity index (χ0) is 10.7. The van der Waals surface area contributed by atoms with Gasteiger partial charge in [-0.25, -0.2) is 9.18 Å². The van der Waals surface area contributed by atoms with Gasteiger partial charge in [0.2, 0.25) is 0 Å². The van der Waals surface area contributed by atoms with Crippen LogP contribution in [0.25, 0.3) is 6.08 Å². The lowest BCUT2D eigenvalue weighted by Crippen LogP contribution is -1.90. The molecule has 0 amide bonds. The predicted octanol–water partition coefficient (Wildman–Crippen LogP) is 2.89. The van der Waals surface area contributed by atoms with Gasteiger partial charge in [-0.05, 0) is 24.6 Å². The van der Waals surface area contributed by atoms with Crippen LogP contribution in [0.1, 0.15) is 11.1 Å². The fourth-order valence-electron chi connectivity index (χ4n) is 0.986. The van der Waals surface area contributed by atoms with Crippen LogP contribution in [0.2, 0.25) is 5.02 Å². The van der Waals surface area contributed by atoms with E-state index in [2.05, 4.69) is 0 Å². The van der Waals surface area contributed by atoms with Gasteiger partial charge in [0, 0.05) is 11.6 Å². The molecule has 74 valence electrons. The van der Waals surface area contributed by atoms with Crippen molar-refractivity contribution < 1.29 is 14.3 Å². The number of rotatable bonds is 2. The summed E-state index contributed by atoms with van der Waals surface area (Å²) in [7, 11) is 0. The first-order valence-electron chi connectivity index (χ1n) is 3.88. The van der Waals surface area contributed by atoms with Crippen LogP contribution in [0.5, 0.6) is 0 Å². The largest absolute Gasteiger partial charge is 0.478 e. The number of carboxylic acids is 1. The van der Waals surface area contributed by atoms with Gasteiger partial charge in [0.15, 0.2) is 0 Å². The van der Waals surface area contributed by atoms with Gasteiger partial charge in [-0.3, -0.25) is 0 Å². The van der Waals surface area contributed by atoms with Gasteiger partial charge in [-0.1, -0.05) is 17.7 Å². The summed E-state index contributed by atoms with van der Waals surface area (Å²) < 4.78 is 13.2. The first-order valence-corrected chi connectivity index (χ1v) is 4.26. The third-order valence-corrected chi connectivity index (χ3v) is 2.21. The summed E-state index contributed by atoms with van der Waals surface area (Å²) in [6, 6.07) is 2.79. The minimum Gasteiger partial charge on any atom is -0.478 e. The molecule has 0 aliphatic heterocycles. The normalized spacial score (nSPS) is 10.8. The SMILES string of the molecule is Cc1ccc(F)c(/C=C/C(=O)O)c1Cl. The molecule has 0 saturated heterocycles. The minimum absolute atomic E-state index is 0.106. The van der Waals surface area contributed by atoms with Crippen molar-refractivity contribution in [2.24, 2.45) is 0 Å². The van der Waals surface area contributed by atoms with Crippen LogP contribution in [-0.2, 0) is 4.79 Å². The lowest BCUT2D eigenvalue weighted by atomic mass is 10.1. The molecule has 0 aromatic heterocycles. The molecule has 1 N–H and O–H groups in total. The summed E-state index contributed by atoms with van der Waals surface area (Å²) in [5.41, 5.74) is 0.812. The number of benzene rings is 1. The molecule has 0 spiro atoms. The highest BCUT2D eigenvalue weighted by atomic mass is 35.5. The molecule has 0 unspecified atom stereocenters. The second kappa shape index (κ2) is 4.24. The van der Waals surface area contributed by atoms with E-state index in [1.165, 1.54) is 12.1 Å². The maximum Gasteiger partial charge on any atom is 0.328 e. The number of halogens is 2. The first kappa shape index (κ1) is 10.7. The molecule has 0 saturated carbocycles. The van der Waals surface area contributed by atoms with E-state index in [1.54, 1.807) is 6.92 Å². The molecular weight excluding hydrogens is 207 g/mol. The molecule has 0 heterocycles. The van der Waals surface area contributed by atoms with Crippen LogP contribution in [0, 0.1) is 12.7 Å². The van der Waals surface area contributed by atoms with Crippen LogP contribution in [0.4, 0.5) is 4.39 Å². The van der Waals surface area contributed by atoms with Crippen LogP contribution >= 0.6 is 11.6 Å². The Morgan fingerprint density at radius 2 is 2.21 bits per heavy atom. The van der Waals surface area contributed by atoms with Gasteiger partial charge < -0.3 is 5.11 Å². The molecule has 4 heteroatoms. The smallest absolute Gasteiger partial charge is 0.328 e. The van der Waals surface area contributed by atoms with Crippen molar-refractivity contribution in [3.8, 4) is 0 Å². The standard InChI is InChI=1S/C10H8ClFO2/c1-6-2-4-8(12)7(10(6)11)3-5-9(13)14/h2-5H,1H3,(H,13,14)/b5-3+. The Morgan fingerprint density at radius 1 is 1.57 bits per heavy atom. The summed E-state index contributed by atoms with van der Waals surface area (Å²) in [4.78, 5) is 10.2. The Kier molecular flexibility index (Phi) is 3.25. The highest BCUT2D eigenvalue weighted by molar-refractivity contribution is 6.32. The van der Waals surface area contributed by atoms with Gasteiger partial charge in [0.05, 0.1) is 5.02 Å². The lowest BCUT2D eigenvalue weighted by molar-refractivity contribution is -0.131. The van der Waals surface area contributed by atoms with Crippen LogP contribution < -0.4 is 0 Å². The number of aliphatic carboxylic acids is 1. The van der Waals surface area contributed by atoms with E-state index < -0.39 is 11.8 Å². The lowest BCUT2D eigenvalue weighted by Gasteiger charge is -2.02. The van der Waals surface area contributed by atoms with Gasteiger partial charge in [0.1, 0.15) is 5.82 Å². The number of carboxylic acid groups (broad SMARTS) is 1. The predicted molar refractivity (Wildman–Crippen MR) is 52.8 cm³/mol. The molecule has 0 aliphatic carbocycles. The summed E-state index contributed by atoms with van der Waals surface area (Å²) >= 11 is 5.80. The molecular formula is C10H8ClFO2. The number of hydrogen-bond acceptors (Lipinski definition) is 1. The topological polar surface area (TPSA) is 37.3 Å². The minimum atomic E-state index is -1.14. The second-order valence-corrected chi connectivity index (χ2v) is 3.14. The summed E-state index contributed by atoms with van der Waals surface area (Å²) in [5.74, 6) is -1.67. The van der Waals surface area contributed by atoms with Gasteiger partial charge in [-0.2, -0.15) is 0 Å². The number of aryl methyl sites for hydroxylation is 1. The van der Waals surface area contributed by atoms with Crippen LogP contribution in [0.15, 0.2) is 18.2 Å². The number of hydrogen-bond donors (Lipinski definition) is 1. The van der Waals surface area contributed by atoms with E-state index in [-0.39, 0.29) is 10.6 Å². The summed E-state index contributed by atoms with van der Waals surface area (Å²) in [6.45, 7) is 1.72. The molecule has 1 aromatic rings. The zero-order valence-electron chi connectivity index (χ0n) is 7.42. The van der Waals surface area contributed by atoms with Crippen molar-refractivity contribution in [3.63, 3.8) is 0 Å². The van der Waals surface area contributed by atoms with Crippen molar-refractivity contribution >= 4 is 23.6 Å². The fraction of sp³-hybridized carbons (Fsp3) is 0.100. The van der Waals surface area contributed by atoms with Crippen molar-refractivity contribution in [2.45, 2.75) is 6.92 Å². The van der Waals surface area contributed by atoms with E-state index in [1.807, 2.05) is 0 Å². The molecule has 1 rings (SSSR count). The quantitative estimate of drug-likeness (QED) is 0.769. The molecule has 0 atom stereocenters. The summed E-state index contributed by atoms with van der Waals surface area (Å²) in [5, 5.41) is 8.61. The van der Waals surface area contributed by atoms with Gasteiger partial charge >= 0.3 is 5.97 Å². The Hall–Kier alpha value is -1.35. The molecule has 14 heavy (non-hydrogen) atoms. The van der Waals surface area contributed by atoms with Crippen molar-refractivity contribution in [2.75, 3.05) is 0 Å². The van der Waals surface area contributed by atoms with E-state index >= 15 is 0 Å². The zero-order valence-corrected chi connectivity index (χ0v) is 8.18. The van der Waals surface area contributed by atoms with Crippen molar-refractivity contribution in [3.05, 3.63) is 40.2 Å². The maximum absolute atomic E-state index is 13.2. The van der Waals surface area contributed by atoms with E-state index in [9.17, 15) is 9.18 Å².